The molecule has 0 saturated carbocycles. The third-order valence-corrected chi connectivity index (χ3v) is 0.732. The van der Waals surface area contributed by atoms with E-state index in [9.17, 15) is 4.79 Å². The summed E-state index contributed by atoms with van der Waals surface area (Å²) >= 11 is 0. The van der Waals surface area contributed by atoms with Crippen molar-refractivity contribution in [2.24, 2.45) is 0 Å². The van der Waals surface area contributed by atoms with E-state index in [2.05, 4.69) is 16.2 Å². The van der Waals surface area contributed by atoms with Crippen LogP contribution in [-0.2, 0) is 18.6 Å². The molecule has 4 heteroatoms. The van der Waals surface area contributed by atoms with Crippen molar-refractivity contribution in [2.75, 3.05) is 0 Å². The quantitative estimate of drug-likeness (QED) is 0.537. The van der Waals surface area contributed by atoms with E-state index in [0.717, 1.165) is 0 Å². The van der Waals surface area contributed by atoms with Gasteiger partial charge in [-0.1, -0.05) is 19.2 Å². The molecule has 1 aromatic rings. The molecule has 0 amide bonds. The Morgan fingerprint density at radius 1 is 1.78 bits per heavy atom. The first kappa shape index (κ1) is 8.46. The van der Waals surface area contributed by atoms with Crippen molar-refractivity contribution in [2.45, 2.75) is 6.92 Å². The van der Waals surface area contributed by atoms with Crippen molar-refractivity contribution < 1.29 is 18.6 Å². The maximum atomic E-state index is 10.4. The summed E-state index contributed by atoms with van der Waals surface area (Å²) in [5.74, 6) is 0.595. The number of aromatic amines is 1. The number of hydrogen-bond donors (Lipinski definition) is 1. The smallest absolute Gasteiger partial charge is 0.136 e. The molecule has 1 rings (SSSR count). The zero-order chi connectivity index (χ0) is 5.98. The summed E-state index contributed by atoms with van der Waals surface area (Å²) in [5.41, 5.74) is -0.155. The summed E-state index contributed by atoms with van der Waals surface area (Å²) in [6.45, 7) is 1.71. The summed E-state index contributed by atoms with van der Waals surface area (Å²) < 4.78 is 0. The number of hydrogen-bond acceptors (Lipinski definition) is 2. The molecule has 3 nitrogen and oxygen atoms in total. The zero-order valence-electron chi connectivity index (χ0n) is 4.88. The summed E-state index contributed by atoms with van der Waals surface area (Å²) in [5, 5.41) is 0. The van der Waals surface area contributed by atoms with Crippen LogP contribution in [0.5, 0.6) is 0 Å². The van der Waals surface area contributed by atoms with Crippen LogP contribution in [0.15, 0.2) is 10.9 Å². The largest absolute Gasteiger partial charge is 0.417 e. The molecule has 1 heterocycles. The van der Waals surface area contributed by atoms with E-state index in [1.807, 2.05) is 0 Å². The molecule has 0 aromatic carbocycles. The van der Waals surface area contributed by atoms with Gasteiger partial charge in [0.25, 0.3) is 0 Å². The van der Waals surface area contributed by atoms with Crippen LogP contribution in [0.3, 0.4) is 0 Å². The second-order valence-electron chi connectivity index (χ2n) is 1.46. The van der Waals surface area contributed by atoms with E-state index < -0.39 is 0 Å². The van der Waals surface area contributed by atoms with Crippen LogP contribution in [0.1, 0.15) is 5.82 Å². The molecule has 0 saturated heterocycles. The predicted octanol–water partition coefficient (Wildman–Crippen LogP) is -0.124. The molecule has 1 N–H and O–H groups in total. The zero-order valence-corrected chi connectivity index (χ0v) is 6.28. The third kappa shape index (κ3) is 2.49. The minimum atomic E-state index is -0.155. The van der Waals surface area contributed by atoms with Gasteiger partial charge in [0.05, 0.1) is 0 Å². The van der Waals surface area contributed by atoms with E-state index in [-0.39, 0.29) is 24.1 Å². The molecule has 0 unspecified atom stereocenters. The molecule has 1 radical (unpaired) electrons. The number of aromatic nitrogens is 2. The number of nitrogens with one attached hydrogen (secondary N) is 1. The van der Waals surface area contributed by atoms with E-state index in [4.69, 9.17) is 0 Å². The molecule has 0 spiro atoms. The first-order chi connectivity index (χ1) is 3.79. The molecule has 0 bridgehead atoms. The molecule has 0 fully saturated rings. The SMILES string of the molecule is Cc1n[c-]cc(=O)[nH]1.[V]. The topological polar surface area (TPSA) is 45.8 Å². The summed E-state index contributed by atoms with van der Waals surface area (Å²) in [7, 11) is 0. The van der Waals surface area contributed by atoms with Gasteiger partial charge >= 0.3 is 0 Å². The monoisotopic (exact) mass is 160 g/mol. The molecule has 0 aliphatic carbocycles. The van der Waals surface area contributed by atoms with Crippen molar-refractivity contribution >= 4 is 0 Å². The molecule has 47 valence electrons. The van der Waals surface area contributed by atoms with E-state index in [1.54, 1.807) is 6.92 Å². The standard InChI is InChI=1S/C5H5N2O.V/c1-4-6-3-2-5(8)7-4;/h2H,1H3,(H,6,7,8);/q-1;. The van der Waals surface area contributed by atoms with Gasteiger partial charge in [0, 0.05) is 18.6 Å². The van der Waals surface area contributed by atoms with Gasteiger partial charge in [-0.15, -0.1) is 0 Å². The van der Waals surface area contributed by atoms with Crippen LogP contribution in [0.4, 0.5) is 0 Å². The average molecular weight is 160 g/mol. The molecule has 9 heavy (non-hydrogen) atoms. The van der Waals surface area contributed by atoms with Crippen LogP contribution in [0.2, 0.25) is 0 Å². The van der Waals surface area contributed by atoms with Crippen molar-refractivity contribution in [1.29, 1.82) is 0 Å². The van der Waals surface area contributed by atoms with Crippen molar-refractivity contribution in [3.8, 4) is 0 Å². The fourth-order valence-electron chi connectivity index (χ4n) is 0.430. The van der Waals surface area contributed by atoms with Crippen LogP contribution in [0, 0.1) is 13.1 Å². The predicted molar refractivity (Wildman–Crippen MR) is 28.4 cm³/mol. The number of H-pyrrole nitrogens is 1. The Bertz CT molecular complexity index is 232. The Morgan fingerprint density at radius 2 is 2.44 bits per heavy atom. The van der Waals surface area contributed by atoms with Gasteiger partial charge in [0.15, 0.2) is 0 Å². The van der Waals surface area contributed by atoms with E-state index >= 15 is 0 Å². The average Bonchev–Trinajstić information content (AvgIpc) is 1.64. The van der Waals surface area contributed by atoms with Crippen molar-refractivity contribution in [1.82, 2.24) is 9.97 Å². The molecular formula is C5H5N2OV-. The van der Waals surface area contributed by atoms with E-state index in [0.29, 0.717) is 5.82 Å². The van der Waals surface area contributed by atoms with Crippen molar-refractivity contribution in [3.63, 3.8) is 0 Å². The Balaban J connectivity index is 0.000000640. The van der Waals surface area contributed by atoms with Gasteiger partial charge in [-0.3, -0.25) is 0 Å². The number of aryl methyl sites for hydroxylation is 1. The van der Waals surface area contributed by atoms with Crippen LogP contribution >= 0.6 is 0 Å². The van der Waals surface area contributed by atoms with Gasteiger partial charge in [-0.05, 0) is 5.82 Å². The van der Waals surface area contributed by atoms with Gasteiger partial charge in [0.2, 0.25) is 0 Å². The summed E-state index contributed by atoms with van der Waals surface area (Å²) in [4.78, 5) is 16.5. The van der Waals surface area contributed by atoms with Crippen molar-refractivity contribution in [3.05, 3.63) is 28.4 Å². The van der Waals surface area contributed by atoms with Crippen LogP contribution in [-0.4, -0.2) is 9.97 Å². The molecule has 0 aliphatic heterocycles. The van der Waals surface area contributed by atoms with Gasteiger partial charge in [-0.25, -0.2) is 0 Å². The van der Waals surface area contributed by atoms with Crippen LogP contribution in [0.25, 0.3) is 0 Å². The first-order valence-corrected chi connectivity index (χ1v) is 2.23. The Labute approximate surface area is 64.4 Å². The Kier molecular flexibility index (Phi) is 3.28. The second-order valence-corrected chi connectivity index (χ2v) is 1.46. The number of rotatable bonds is 0. The maximum absolute atomic E-state index is 10.4. The molecular weight excluding hydrogens is 155 g/mol. The minimum Gasteiger partial charge on any atom is -0.417 e. The molecule has 0 aliphatic rings. The minimum absolute atomic E-state index is 0. The maximum Gasteiger partial charge on any atom is 0.136 e. The Hall–Kier alpha value is -0.536. The normalized spacial score (nSPS) is 8.11. The van der Waals surface area contributed by atoms with Gasteiger partial charge in [-0.2, -0.15) is 0 Å². The first-order valence-electron chi connectivity index (χ1n) is 2.23. The molecule has 1 aromatic heterocycles. The summed E-state index contributed by atoms with van der Waals surface area (Å²) in [6, 6.07) is 1.26. The fourth-order valence-corrected chi connectivity index (χ4v) is 0.430. The fraction of sp³-hybridized carbons (Fsp3) is 0.200. The van der Waals surface area contributed by atoms with Gasteiger partial charge < -0.3 is 14.8 Å². The third-order valence-electron chi connectivity index (χ3n) is 0.732. The Morgan fingerprint density at radius 3 is 2.78 bits per heavy atom. The van der Waals surface area contributed by atoms with Crippen LogP contribution < -0.4 is 5.56 Å². The summed E-state index contributed by atoms with van der Waals surface area (Å²) in [6.07, 6.45) is 2.44. The second kappa shape index (κ2) is 3.48. The molecule has 0 atom stereocenters. The van der Waals surface area contributed by atoms with Gasteiger partial charge in [0.1, 0.15) is 5.56 Å². The van der Waals surface area contributed by atoms with E-state index in [1.165, 1.54) is 6.07 Å². The number of nitrogens with zero attached hydrogens (tertiary/aromatic N) is 1.